The Labute approximate surface area is 250 Å². The summed E-state index contributed by atoms with van der Waals surface area (Å²) in [5.74, 6) is 2.35. The fourth-order valence-corrected chi connectivity index (χ4v) is 5.45. The summed E-state index contributed by atoms with van der Waals surface area (Å²) < 4.78 is 11.5. The van der Waals surface area contributed by atoms with Gasteiger partial charge in [-0.2, -0.15) is 0 Å². The van der Waals surface area contributed by atoms with E-state index in [0.717, 1.165) is 30.1 Å². The molecule has 1 aliphatic rings. The Bertz CT molecular complexity index is 1030. The maximum absolute atomic E-state index is 12.8. The van der Waals surface area contributed by atoms with Crippen LogP contribution in [0.5, 0.6) is 11.5 Å². The van der Waals surface area contributed by atoms with Crippen LogP contribution < -0.4 is 14.8 Å². The van der Waals surface area contributed by atoms with E-state index in [0.29, 0.717) is 18.1 Å². The van der Waals surface area contributed by atoms with E-state index in [1.54, 1.807) is 7.11 Å². The number of nitrogens with zero attached hydrogens (tertiary/aromatic N) is 1. The van der Waals surface area contributed by atoms with Gasteiger partial charge in [0.25, 0.3) is 0 Å². The number of thioether (sulfide) groups is 1. The molecular weight excluding hydrogens is 572 g/mol. The summed E-state index contributed by atoms with van der Waals surface area (Å²) in [5, 5.41) is 3.05. The number of hydrogen-bond acceptors (Lipinski definition) is 5. The van der Waals surface area contributed by atoms with Gasteiger partial charge in [-0.05, 0) is 53.6 Å². The Morgan fingerprint density at radius 1 is 0.923 bits per heavy atom. The zero-order valence-corrected chi connectivity index (χ0v) is 26.5. The molecule has 1 aliphatic heterocycles. The first-order valence-electron chi connectivity index (χ1n) is 14.3. The van der Waals surface area contributed by atoms with Gasteiger partial charge in [-0.15, -0.1) is 28.7 Å². The van der Waals surface area contributed by atoms with E-state index < -0.39 is 0 Å². The molecule has 0 unspecified atom stereocenters. The number of rotatable bonds is 18. The first kappa shape index (κ1) is 33.1. The molecule has 2 aromatic rings. The lowest BCUT2D eigenvalue weighted by molar-refractivity contribution is -0.115. The number of carbonyl (C=O) groups is 1. The third-order valence-corrected chi connectivity index (χ3v) is 7.79. The van der Waals surface area contributed by atoms with E-state index >= 15 is 0 Å². The van der Waals surface area contributed by atoms with Crippen molar-refractivity contribution in [1.29, 1.82) is 0 Å². The Hall–Kier alpha value is -2.12. The molecule has 1 N–H and O–H groups in total. The summed E-state index contributed by atoms with van der Waals surface area (Å²) in [6.07, 6.45) is 15.4. The number of halogens is 1. The summed E-state index contributed by atoms with van der Waals surface area (Å²) in [5.41, 5.74) is 2.92. The molecule has 0 saturated carbocycles. The molecule has 2 aromatic carbocycles. The summed E-state index contributed by atoms with van der Waals surface area (Å²) in [7, 11) is 1.65. The van der Waals surface area contributed by atoms with Gasteiger partial charge in [-0.25, -0.2) is 0 Å². The molecule has 1 heterocycles. The molecule has 0 radical (unpaired) electrons. The molecule has 5 nitrogen and oxygen atoms in total. The first-order chi connectivity index (χ1) is 18.6. The van der Waals surface area contributed by atoms with E-state index in [2.05, 4.69) is 42.4 Å². The Kier molecular flexibility index (Phi) is 16.2. The van der Waals surface area contributed by atoms with Gasteiger partial charge >= 0.3 is 0 Å². The largest absolute Gasteiger partial charge is 0.493 e. The average molecular weight is 620 g/mol. The van der Waals surface area contributed by atoms with Crippen molar-refractivity contribution in [2.45, 2.75) is 91.0 Å². The molecule has 1 amide bonds. The summed E-state index contributed by atoms with van der Waals surface area (Å²) in [6.45, 7) is 5.90. The number of allylic oxidation sites excluding steroid dienone is 1. The summed E-state index contributed by atoms with van der Waals surface area (Å²) in [6, 6.07) is 13.9. The maximum atomic E-state index is 12.8. The maximum Gasteiger partial charge on any atom is 0.228 e. The Balaban J connectivity index is 0.00000533. The highest BCUT2D eigenvalue weighted by molar-refractivity contribution is 8.93. The predicted octanol–water partition coefficient (Wildman–Crippen LogP) is 9.12. The van der Waals surface area contributed by atoms with Gasteiger partial charge in [-0.1, -0.05) is 82.9 Å². The minimum atomic E-state index is -0.0413. The van der Waals surface area contributed by atoms with Crippen LogP contribution in [0, 0.1) is 0 Å². The van der Waals surface area contributed by atoms with Crippen LogP contribution in [0.4, 0.5) is 5.69 Å². The Morgan fingerprint density at radius 2 is 1.64 bits per heavy atom. The number of ether oxygens (including phenoxy) is 2. The predicted molar refractivity (Wildman–Crippen MR) is 171 cm³/mol. The van der Waals surface area contributed by atoms with E-state index in [9.17, 15) is 4.79 Å². The minimum absolute atomic E-state index is 0. The molecule has 0 aliphatic carbocycles. The second-order valence-corrected chi connectivity index (χ2v) is 11.4. The third-order valence-electron chi connectivity index (χ3n) is 6.77. The van der Waals surface area contributed by atoms with E-state index in [-0.39, 0.29) is 29.3 Å². The van der Waals surface area contributed by atoms with Crippen molar-refractivity contribution in [3.8, 4) is 11.5 Å². The smallest absolute Gasteiger partial charge is 0.228 e. The SMILES string of the molecule is Br.CCCCCCCCCCCCOc1cc(CC(=O)Nc2cccc(CN3C=C(C)SC3)c2)ccc1OC. The quantitative estimate of drug-likeness (QED) is 0.169. The minimum Gasteiger partial charge on any atom is -0.493 e. The van der Waals surface area contributed by atoms with Crippen LogP contribution in [0.15, 0.2) is 53.6 Å². The molecule has 0 bridgehead atoms. The fourth-order valence-electron chi connectivity index (χ4n) is 4.70. The second kappa shape index (κ2) is 19.0. The van der Waals surface area contributed by atoms with Crippen LogP contribution >= 0.6 is 28.7 Å². The summed E-state index contributed by atoms with van der Waals surface area (Å²) in [4.78, 5) is 16.4. The Morgan fingerprint density at radius 3 is 2.31 bits per heavy atom. The molecule has 3 rings (SSSR count). The van der Waals surface area contributed by atoms with Crippen molar-refractivity contribution >= 4 is 40.3 Å². The highest BCUT2D eigenvalue weighted by Crippen LogP contribution is 2.29. The van der Waals surface area contributed by atoms with Crippen LogP contribution in [0.1, 0.15) is 89.2 Å². The molecule has 0 saturated heterocycles. The van der Waals surface area contributed by atoms with Gasteiger partial charge in [0.05, 0.1) is 26.0 Å². The number of nitrogens with one attached hydrogen (secondary N) is 1. The number of amides is 1. The normalized spacial score (nSPS) is 12.6. The number of unbranched alkanes of at least 4 members (excludes halogenated alkanes) is 9. The van der Waals surface area contributed by atoms with Gasteiger partial charge in [0, 0.05) is 18.4 Å². The van der Waals surface area contributed by atoms with Crippen LogP contribution in [0.25, 0.3) is 0 Å². The van der Waals surface area contributed by atoms with Crippen molar-refractivity contribution in [3.63, 3.8) is 0 Å². The van der Waals surface area contributed by atoms with Crippen molar-refractivity contribution in [2.75, 3.05) is 24.9 Å². The van der Waals surface area contributed by atoms with Gasteiger partial charge < -0.3 is 19.7 Å². The molecule has 39 heavy (non-hydrogen) atoms. The van der Waals surface area contributed by atoms with Crippen LogP contribution in [-0.4, -0.2) is 30.4 Å². The van der Waals surface area contributed by atoms with Gasteiger partial charge in [-0.3, -0.25) is 4.79 Å². The molecule has 216 valence electrons. The van der Waals surface area contributed by atoms with E-state index in [1.807, 2.05) is 42.1 Å². The molecule has 0 spiro atoms. The van der Waals surface area contributed by atoms with Gasteiger partial charge in [0.15, 0.2) is 11.5 Å². The van der Waals surface area contributed by atoms with Gasteiger partial charge in [0.1, 0.15) is 0 Å². The number of benzene rings is 2. The number of methoxy groups -OCH3 is 1. The van der Waals surface area contributed by atoms with Crippen LogP contribution in [0.2, 0.25) is 0 Å². The first-order valence-corrected chi connectivity index (χ1v) is 15.3. The highest BCUT2D eigenvalue weighted by Gasteiger charge is 2.12. The van der Waals surface area contributed by atoms with Gasteiger partial charge in [0.2, 0.25) is 5.91 Å². The third kappa shape index (κ3) is 12.7. The zero-order chi connectivity index (χ0) is 27.0. The zero-order valence-electron chi connectivity index (χ0n) is 24.0. The second-order valence-electron chi connectivity index (χ2n) is 10.2. The summed E-state index contributed by atoms with van der Waals surface area (Å²) >= 11 is 1.85. The fraction of sp³-hybridized carbons (Fsp3) is 0.531. The van der Waals surface area contributed by atoms with Crippen LogP contribution in [0.3, 0.4) is 0 Å². The van der Waals surface area contributed by atoms with Crippen molar-refractivity contribution in [3.05, 3.63) is 64.7 Å². The van der Waals surface area contributed by atoms with Crippen molar-refractivity contribution < 1.29 is 14.3 Å². The molecular formula is C32H47BrN2O3S. The van der Waals surface area contributed by atoms with Crippen molar-refractivity contribution in [1.82, 2.24) is 4.90 Å². The number of carbonyl (C=O) groups excluding carboxylic acids is 1. The molecule has 7 heteroatoms. The molecule has 0 aromatic heterocycles. The standard InChI is InChI=1S/C32H46N2O3S.BrH/c1-4-5-6-7-8-9-10-11-12-13-19-37-31-21-27(17-18-30(31)36-3)22-32(35)33-29-16-14-15-28(20-29)24-34-23-26(2)38-25-34;/h14-18,20-21,23H,4-13,19,22,24-25H2,1-3H3,(H,33,35);1H. The monoisotopic (exact) mass is 618 g/mol. The van der Waals surface area contributed by atoms with Crippen molar-refractivity contribution in [2.24, 2.45) is 0 Å². The highest BCUT2D eigenvalue weighted by atomic mass is 79.9. The van der Waals surface area contributed by atoms with E-state index in [4.69, 9.17) is 9.47 Å². The average Bonchev–Trinajstić information content (AvgIpc) is 3.31. The van der Waals surface area contributed by atoms with Crippen LogP contribution in [-0.2, 0) is 17.8 Å². The van der Waals surface area contributed by atoms with E-state index in [1.165, 1.54) is 68.3 Å². The number of hydrogen-bond donors (Lipinski definition) is 1. The topological polar surface area (TPSA) is 50.8 Å². The lowest BCUT2D eigenvalue weighted by Crippen LogP contribution is -2.16. The lowest BCUT2D eigenvalue weighted by atomic mass is 10.1. The molecule has 0 atom stereocenters. The lowest BCUT2D eigenvalue weighted by Gasteiger charge is -2.15. The molecule has 0 fully saturated rings. The number of anilines is 1.